The van der Waals surface area contributed by atoms with Gasteiger partial charge in [0.05, 0.1) is 0 Å². The van der Waals surface area contributed by atoms with Crippen LogP contribution in [-0.2, 0) is 0 Å². The van der Waals surface area contributed by atoms with Gasteiger partial charge >= 0.3 is 0 Å². The van der Waals surface area contributed by atoms with Crippen LogP contribution in [0.5, 0.6) is 0 Å². The van der Waals surface area contributed by atoms with Crippen molar-refractivity contribution in [2.45, 2.75) is 6.92 Å². The van der Waals surface area contributed by atoms with Crippen LogP contribution in [0.1, 0.15) is 5.82 Å². The maximum Gasteiger partial charge on any atom is 0.136 e. The number of aryl methyl sites for hydroxylation is 1. The maximum absolute atomic E-state index is 13.1. The lowest BCUT2D eigenvalue weighted by molar-refractivity contribution is 0.628. The number of hydrogen-bond donors (Lipinski definition) is 2. The predicted molar refractivity (Wildman–Crippen MR) is 65.9 cm³/mol. The third-order valence-electron chi connectivity index (χ3n) is 1.99. The minimum Gasteiger partial charge on any atom is -0.384 e. The summed E-state index contributed by atoms with van der Waals surface area (Å²) >= 11 is 5.74. The lowest BCUT2D eigenvalue weighted by atomic mass is 10.3. The van der Waals surface area contributed by atoms with E-state index in [0.717, 1.165) is 0 Å². The van der Waals surface area contributed by atoms with Gasteiger partial charge in [-0.2, -0.15) is 0 Å². The molecule has 1 aromatic heterocycles. The van der Waals surface area contributed by atoms with Crippen LogP contribution in [0.3, 0.4) is 0 Å². The zero-order valence-corrected chi connectivity index (χ0v) is 9.79. The molecule has 2 aromatic rings. The summed E-state index contributed by atoms with van der Waals surface area (Å²) in [4.78, 5) is 8.06. The van der Waals surface area contributed by atoms with E-state index in [2.05, 4.69) is 15.3 Å². The Morgan fingerprint density at radius 1 is 1.24 bits per heavy atom. The highest BCUT2D eigenvalue weighted by molar-refractivity contribution is 6.30. The largest absolute Gasteiger partial charge is 0.384 e. The molecule has 0 fully saturated rings. The first-order valence-electron chi connectivity index (χ1n) is 4.87. The van der Waals surface area contributed by atoms with E-state index in [0.29, 0.717) is 28.2 Å². The number of nitrogens with two attached hydrogens (primary N) is 1. The molecule has 3 N–H and O–H groups in total. The molecule has 0 aliphatic rings. The van der Waals surface area contributed by atoms with Gasteiger partial charge < -0.3 is 11.1 Å². The van der Waals surface area contributed by atoms with Gasteiger partial charge in [-0.1, -0.05) is 11.6 Å². The van der Waals surface area contributed by atoms with Gasteiger partial charge in [0.2, 0.25) is 0 Å². The Morgan fingerprint density at radius 2 is 2.00 bits per heavy atom. The molecule has 0 amide bonds. The highest BCUT2D eigenvalue weighted by Gasteiger charge is 2.02. The number of halogens is 2. The minimum atomic E-state index is -0.418. The summed E-state index contributed by atoms with van der Waals surface area (Å²) < 4.78 is 13.1. The number of aromatic nitrogens is 2. The first kappa shape index (κ1) is 11.6. The number of nitrogen functional groups attached to an aromatic ring is 1. The average Bonchev–Trinajstić information content (AvgIpc) is 2.13. The Hall–Kier alpha value is -1.88. The molecule has 0 atom stereocenters. The molecule has 4 nitrogen and oxygen atoms in total. The molecular formula is C11H10ClFN4. The number of hydrogen-bond acceptors (Lipinski definition) is 4. The van der Waals surface area contributed by atoms with E-state index in [1.807, 2.05) is 0 Å². The van der Waals surface area contributed by atoms with Crippen molar-refractivity contribution in [3.8, 4) is 0 Å². The van der Waals surface area contributed by atoms with Crippen molar-refractivity contribution in [1.82, 2.24) is 9.97 Å². The molecule has 2 rings (SSSR count). The summed E-state index contributed by atoms with van der Waals surface area (Å²) in [5.41, 5.74) is 6.09. The van der Waals surface area contributed by atoms with E-state index >= 15 is 0 Å². The molecule has 88 valence electrons. The van der Waals surface area contributed by atoms with Crippen molar-refractivity contribution in [3.63, 3.8) is 0 Å². The summed E-state index contributed by atoms with van der Waals surface area (Å²) in [5, 5.41) is 3.22. The Kier molecular flexibility index (Phi) is 3.10. The van der Waals surface area contributed by atoms with Crippen LogP contribution in [0.15, 0.2) is 24.3 Å². The van der Waals surface area contributed by atoms with Crippen molar-refractivity contribution in [3.05, 3.63) is 40.9 Å². The van der Waals surface area contributed by atoms with Crippen molar-refractivity contribution >= 4 is 28.9 Å². The lowest BCUT2D eigenvalue weighted by Crippen LogP contribution is -2.00. The summed E-state index contributed by atoms with van der Waals surface area (Å²) in [6.45, 7) is 1.72. The topological polar surface area (TPSA) is 63.8 Å². The first-order chi connectivity index (χ1) is 8.02. The zero-order valence-electron chi connectivity index (χ0n) is 9.04. The lowest BCUT2D eigenvalue weighted by Gasteiger charge is -2.07. The molecule has 6 heteroatoms. The normalized spacial score (nSPS) is 10.3. The van der Waals surface area contributed by atoms with Crippen LogP contribution < -0.4 is 11.1 Å². The van der Waals surface area contributed by atoms with Gasteiger partial charge in [0.25, 0.3) is 0 Å². The van der Waals surface area contributed by atoms with E-state index in [9.17, 15) is 4.39 Å². The number of anilines is 3. The number of nitrogens with one attached hydrogen (secondary N) is 1. The van der Waals surface area contributed by atoms with Gasteiger partial charge in [-0.15, -0.1) is 0 Å². The summed E-state index contributed by atoms with van der Waals surface area (Å²) in [5.74, 6) is 0.966. The van der Waals surface area contributed by atoms with Crippen molar-refractivity contribution in [2.75, 3.05) is 11.1 Å². The van der Waals surface area contributed by atoms with Crippen LogP contribution in [0.2, 0.25) is 5.02 Å². The summed E-state index contributed by atoms with van der Waals surface area (Å²) in [7, 11) is 0. The van der Waals surface area contributed by atoms with Gasteiger partial charge in [0.15, 0.2) is 0 Å². The summed E-state index contributed by atoms with van der Waals surface area (Å²) in [6, 6.07) is 5.70. The quantitative estimate of drug-likeness (QED) is 0.863. The van der Waals surface area contributed by atoms with E-state index in [4.69, 9.17) is 17.3 Å². The van der Waals surface area contributed by atoms with Gasteiger partial charge in [-0.3, -0.25) is 0 Å². The Morgan fingerprint density at radius 3 is 2.65 bits per heavy atom. The fraction of sp³-hybridized carbons (Fsp3) is 0.0909. The van der Waals surface area contributed by atoms with E-state index in [-0.39, 0.29) is 0 Å². The molecule has 0 radical (unpaired) electrons. The third-order valence-corrected chi connectivity index (χ3v) is 2.21. The van der Waals surface area contributed by atoms with E-state index in [1.165, 1.54) is 12.1 Å². The Bertz CT molecular complexity index is 469. The van der Waals surface area contributed by atoms with E-state index in [1.54, 1.807) is 19.1 Å². The van der Waals surface area contributed by atoms with Crippen molar-refractivity contribution in [2.24, 2.45) is 0 Å². The molecule has 1 heterocycles. The van der Waals surface area contributed by atoms with Gasteiger partial charge in [-0.05, 0) is 25.1 Å². The molecule has 0 saturated heterocycles. The first-order valence-corrected chi connectivity index (χ1v) is 5.25. The number of benzene rings is 1. The van der Waals surface area contributed by atoms with Crippen LogP contribution in [0.4, 0.5) is 21.7 Å². The predicted octanol–water partition coefficient (Wildman–Crippen LogP) is 2.90. The average molecular weight is 253 g/mol. The Labute approximate surface area is 103 Å². The number of rotatable bonds is 2. The minimum absolute atomic E-state index is 0.311. The van der Waals surface area contributed by atoms with Gasteiger partial charge in [0.1, 0.15) is 23.3 Å². The number of nitrogens with zero attached hydrogens (tertiary/aromatic N) is 2. The van der Waals surface area contributed by atoms with Crippen LogP contribution in [0, 0.1) is 12.7 Å². The van der Waals surface area contributed by atoms with Crippen molar-refractivity contribution in [1.29, 1.82) is 0 Å². The van der Waals surface area contributed by atoms with Crippen LogP contribution >= 0.6 is 11.6 Å². The van der Waals surface area contributed by atoms with Gasteiger partial charge in [0, 0.05) is 16.8 Å². The molecular weight excluding hydrogens is 243 g/mol. The fourth-order valence-corrected chi connectivity index (χ4v) is 1.65. The summed E-state index contributed by atoms with van der Waals surface area (Å²) in [6.07, 6.45) is 0. The second-order valence-electron chi connectivity index (χ2n) is 3.51. The van der Waals surface area contributed by atoms with E-state index < -0.39 is 5.82 Å². The molecule has 0 saturated carbocycles. The highest BCUT2D eigenvalue weighted by Crippen LogP contribution is 2.21. The Balaban J connectivity index is 2.31. The molecule has 0 unspecified atom stereocenters. The molecule has 0 aliphatic carbocycles. The second kappa shape index (κ2) is 4.55. The van der Waals surface area contributed by atoms with Crippen LogP contribution in [-0.4, -0.2) is 9.97 Å². The molecule has 17 heavy (non-hydrogen) atoms. The third kappa shape index (κ3) is 3.04. The molecule has 0 aliphatic heterocycles. The highest BCUT2D eigenvalue weighted by atomic mass is 35.5. The smallest absolute Gasteiger partial charge is 0.136 e. The zero-order chi connectivity index (χ0) is 12.4. The SMILES string of the molecule is Cc1nc(N)cc(Nc2cc(F)cc(Cl)c2)n1. The molecule has 0 bridgehead atoms. The molecule has 0 spiro atoms. The van der Waals surface area contributed by atoms with Crippen LogP contribution in [0.25, 0.3) is 0 Å². The van der Waals surface area contributed by atoms with Gasteiger partial charge in [-0.25, -0.2) is 14.4 Å². The maximum atomic E-state index is 13.1. The van der Waals surface area contributed by atoms with Crippen molar-refractivity contribution < 1.29 is 4.39 Å². The monoisotopic (exact) mass is 252 g/mol. The molecule has 1 aromatic carbocycles. The standard InChI is InChI=1S/C11H10ClFN4/c1-6-15-10(14)5-11(16-6)17-9-3-7(12)2-8(13)4-9/h2-5H,1H3,(H3,14,15,16,17). The fourth-order valence-electron chi connectivity index (χ4n) is 1.43. The second-order valence-corrected chi connectivity index (χ2v) is 3.94.